The molecule has 4 heteroatoms. The molecule has 0 radical (unpaired) electrons. The predicted octanol–water partition coefficient (Wildman–Crippen LogP) is 6.05. The topological polar surface area (TPSA) is 46.9 Å². The van der Waals surface area contributed by atoms with Crippen molar-refractivity contribution in [2.75, 3.05) is 14.1 Å². The van der Waals surface area contributed by atoms with Crippen LogP contribution in [-0.2, 0) is 26.2 Å². The van der Waals surface area contributed by atoms with E-state index in [1.54, 1.807) is 12.1 Å². The summed E-state index contributed by atoms with van der Waals surface area (Å²) in [7, 11) is 4.11. The molecule has 4 aromatic rings. The van der Waals surface area contributed by atoms with E-state index in [1.165, 1.54) is 11.1 Å². The smallest absolute Gasteiger partial charge is 0.120 e. The molecule has 0 saturated heterocycles. The number of phenolic OH excluding ortho intramolecular Hbond substituents is 2. The number of hydrogen-bond acceptors (Lipinski definition) is 4. The van der Waals surface area contributed by atoms with Crippen LogP contribution in [0, 0.1) is 0 Å². The third-order valence-corrected chi connectivity index (χ3v) is 5.45. The van der Waals surface area contributed by atoms with Gasteiger partial charge in [-0.2, -0.15) is 0 Å². The molecule has 4 aromatic carbocycles. The molecule has 34 heavy (non-hydrogen) atoms. The number of aromatic hydroxyl groups is 2. The maximum absolute atomic E-state index is 9.70. The molecule has 0 amide bonds. The minimum absolute atomic E-state index is 0.307. The van der Waals surface area contributed by atoms with Crippen LogP contribution in [0.15, 0.2) is 109 Å². The Labute approximate surface area is 203 Å². The molecule has 0 bridgehead atoms. The maximum atomic E-state index is 9.70. The maximum Gasteiger partial charge on any atom is 0.120 e. The highest BCUT2D eigenvalue weighted by atomic mass is 16.3. The van der Waals surface area contributed by atoms with Crippen molar-refractivity contribution >= 4 is 0 Å². The van der Waals surface area contributed by atoms with E-state index in [0.29, 0.717) is 24.6 Å². The van der Waals surface area contributed by atoms with Crippen LogP contribution >= 0.6 is 0 Å². The van der Waals surface area contributed by atoms with Gasteiger partial charge in [-0.1, -0.05) is 97.1 Å². The lowest BCUT2D eigenvalue weighted by atomic mass is 10.1. The van der Waals surface area contributed by atoms with Crippen LogP contribution in [0.5, 0.6) is 11.5 Å². The summed E-state index contributed by atoms with van der Waals surface area (Å²) in [4.78, 5) is 4.37. The summed E-state index contributed by atoms with van der Waals surface area (Å²) in [5.41, 5.74) is 4.49. The van der Waals surface area contributed by atoms with Gasteiger partial charge in [-0.05, 0) is 37.4 Å². The molecule has 0 saturated carbocycles. The Morgan fingerprint density at radius 3 is 1.15 bits per heavy atom. The first-order valence-electron chi connectivity index (χ1n) is 11.5. The van der Waals surface area contributed by atoms with Crippen molar-refractivity contribution in [3.63, 3.8) is 0 Å². The van der Waals surface area contributed by atoms with Gasteiger partial charge in [0, 0.05) is 37.3 Å². The standard InChI is InChI=1S/C15H17NO2.C15H17N/c1-16(10-12-6-2-4-8-14(12)17)11-13-7-3-5-9-15(13)18;1-16(12-14-8-4-2-5-9-14)13-15-10-6-3-7-11-15/h2-9,17-18H,10-11H2,1H3;2-11H,12-13H2,1H3. The fourth-order valence-corrected chi connectivity index (χ4v) is 3.77. The Hall–Kier alpha value is -3.60. The van der Waals surface area contributed by atoms with Crippen LogP contribution in [-0.4, -0.2) is 34.1 Å². The fraction of sp³-hybridized carbons (Fsp3) is 0.200. The van der Waals surface area contributed by atoms with Crippen molar-refractivity contribution in [2.24, 2.45) is 0 Å². The first-order valence-corrected chi connectivity index (χ1v) is 11.5. The zero-order valence-corrected chi connectivity index (χ0v) is 20.0. The molecule has 0 aliphatic heterocycles. The van der Waals surface area contributed by atoms with E-state index in [2.05, 4.69) is 72.6 Å². The van der Waals surface area contributed by atoms with Gasteiger partial charge in [0.1, 0.15) is 11.5 Å². The van der Waals surface area contributed by atoms with Crippen molar-refractivity contribution in [3.8, 4) is 11.5 Å². The van der Waals surface area contributed by atoms with Gasteiger partial charge in [-0.3, -0.25) is 9.80 Å². The quantitative estimate of drug-likeness (QED) is 0.340. The Morgan fingerprint density at radius 1 is 0.441 bits per heavy atom. The van der Waals surface area contributed by atoms with Crippen LogP contribution in [0.1, 0.15) is 22.3 Å². The highest BCUT2D eigenvalue weighted by molar-refractivity contribution is 5.33. The molecule has 2 N–H and O–H groups in total. The summed E-state index contributed by atoms with van der Waals surface area (Å²) in [6.07, 6.45) is 0. The first-order chi connectivity index (χ1) is 16.5. The lowest BCUT2D eigenvalue weighted by Gasteiger charge is -2.18. The Kier molecular flexibility index (Phi) is 9.71. The lowest BCUT2D eigenvalue weighted by molar-refractivity contribution is 0.307. The third kappa shape index (κ3) is 8.39. The molecular formula is C30H34N2O2. The number of para-hydroxylation sites is 2. The molecule has 0 atom stereocenters. The molecular weight excluding hydrogens is 420 g/mol. The molecule has 0 heterocycles. The number of hydrogen-bond donors (Lipinski definition) is 2. The summed E-state index contributed by atoms with van der Waals surface area (Å²) in [5, 5.41) is 19.4. The second-order valence-corrected chi connectivity index (χ2v) is 8.57. The number of nitrogens with zero attached hydrogens (tertiary/aromatic N) is 2. The van der Waals surface area contributed by atoms with E-state index >= 15 is 0 Å². The largest absolute Gasteiger partial charge is 0.508 e. The van der Waals surface area contributed by atoms with Crippen LogP contribution in [0.4, 0.5) is 0 Å². The van der Waals surface area contributed by atoms with Gasteiger partial charge in [0.25, 0.3) is 0 Å². The molecule has 0 spiro atoms. The van der Waals surface area contributed by atoms with Gasteiger partial charge < -0.3 is 10.2 Å². The summed E-state index contributed by atoms with van der Waals surface area (Å²) >= 11 is 0. The summed E-state index contributed by atoms with van der Waals surface area (Å²) < 4.78 is 0. The van der Waals surface area contributed by atoms with Crippen molar-refractivity contribution in [1.29, 1.82) is 0 Å². The summed E-state index contributed by atoms with van der Waals surface area (Å²) in [6.45, 7) is 3.27. The van der Waals surface area contributed by atoms with E-state index in [1.807, 2.05) is 48.3 Å². The average molecular weight is 455 g/mol. The molecule has 4 rings (SSSR count). The van der Waals surface area contributed by atoms with Crippen molar-refractivity contribution in [3.05, 3.63) is 131 Å². The van der Waals surface area contributed by atoms with E-state index in [-0.39, 0.29) is 0 Å². The Morgan fingerprint density at radius 2 is 0.765 bits per heavy atom. The van der Waals surface area contributed by atoms with Crippen LogP contribution in [0.3, 0.4) is 0 Å². The summed E-state index contributed by atoms with van der Waals surface area (Å²) in [6, 6.07) is 35.7. The zero-order chi connectivity index (χ0) is 24.2. The highest BCUT2D eigenvalue weighted by Gasteiger charge is 2.07. The van der Waals surface area contributed by atoms with Gasteiger partial charge >= 0.3 is 0 Å². The van der Waals surface area contributed by atoms with Gasteiger partial charge in [-0.25, -0.2) is 0 Å². The van der Waals surface area contributed by atoms with E-state index in [9.17, 15) is 10.2 Å². The average Bonchev–Trinajstić information content (AvgIpc) is 2.84. The van der Waals surface area contributed by atoms with E-state index < -0.39 is 0 Å². The SMILES string of the molecule is CN(Cc1ccccc1)Cc1ccccc1.CN(Cc1ccccc1O)Cc1ccccc1O. The molecule has 0 fully saturated rings. The highest BCUT2D eigenvalue weighted by Crippen LogP contribution is 2.21. The minimum atomic E-state index is 0.307. The Bertz CT molecular complexity index is 1030. The number of phenols is 2. The zero-order valence-electron chi connectivity index (χ0n) is 20.0. The normalized spacial score (nSPS) is 10.7. The molecule has 0 aliphatic carbocycles. The van der Waals surface area contributed by atoms with Gasteiger partial charge in [0.2, 0.25) is 0 Å². The van der Waals surface area contributed by atoms with Crippen molar-refractivity contribution in [2.45, 2.75) is 26.2 Å². The number of benzene rings is 4. The van der Waals surface area contributed by atoms with Crippen molar-refractivity contribution < 1.29 is 10.2 Å². The molecule has 0 aliphatic rings. The second-order valence-electron chi connectivity index (χ2n) is 8.57. The molecule has 0 unspecified atom stereocenters. The van der Waals surface area contributed by atoms with Crippen LogP contribution < -0.4 is 0 Å². The van der Waals surface area contributed by atoms with Crippen LogP contribution in [0.2, 0.25) is 0 Å². The molecule has 176 valence electrons. The fourth-order valence-electron chi connectivity index (χ4n) is 3.77. The van der Waals surface area contributed by atoms with Gasteiger partial charge in [-0.15, -0.1) is 0 Å². The minimum Gasteiger partial charge on any atom is -0.508 e. The monoisotopic (exact) mass is 454 g/mol. The molecule has 0 aromatic heterocycles. The first kappa shape index (κ1) is 25.0. The van der Waals surface area contributed by atoms with Gasteiger partial charge in [0.05, 0.1) is 0 Å². The second kappa shape index (κ2) is 13.2. The predicted molar refractivity (Wildman–Crippen MR) is 139 cm³/mol. The van der Waals surface area contributed by atoms with Crippen LogP contribution in [0.25, 0.3) is 0 Å². The van der Waals surface area contributed by atoms with Gasteiger partial charge in [0.15, 0.2) is 0 Å². The summed E-state index contributed by atoms with van der Waals surface area (Å²) in [5.74, 6) is 0.614. The van der Waals surface area contributed by atoms with E-state index in [4.69, 9.17) is 0 Å². The van der Waals surface area contributed by atoms with Crippen molar-refractivity contribution in [1.82, 2.24) is 9.80 Å². The lowest BCUT2D eigenvalue weighted by Crippen LogP contribution is -2.17. The Balaban J connectivity index is 0.000000192. The molecule has 4 nitrogen and oxygen atoms in total. The number of rotatable bonds is 8. The third-order valence-electron chi connectivity index (χ3n) is 5.45. The van der Waals surface area contributed by atoms with E-state index in [0.717, 1.165) is 24.2 Å².